The highest BCUT2D eigenvalue weighted by molar-refractivity contribution is 6.34. The molecule has 6 heteroatoms. The minimum atomic E-state index is -0.631. The second-order valence-corrected chi connectivity index (χ2v) is 3.53. The number of methoxy groups -OCH3 is 1. The van der Waals surface area contributed by atoms with Crippen LogP contribution in [0.5, 0.6) is 0 Å². The summed E-state index contributed by atoms with van der Waals surface area (Å²) in [4.78, 5) is 22.6. The molecular weight excluding hydrogens is 234 g/mol. The smallest absolute Gasteiger partial charge is 0.420 e. The standard InChI is InChI=1S/C10H8ClNO4/c1-15-8(13)5-12-7-4-2-3-6(11)9(7)16-10(12)14/h2-4H,5H2,1H3. The van der Waals surface area contributed by atoms with Gasteiger partial charge in [-0.2, -0.15) is 0 Å². The van der Waals surface area contributed by atoms with E-state index in [9.17, 15) is 9.59 Å². The first-order valence-electron chi connectivity index (χ1n) is 4.48. The molecule has 0 aliphatic heterocycles. The van der Waals surface area contributed by atoms with Gasteiger partial charge in [0.25, 0.3) is 0 Å². The van der Waals surface area contributed by atoms with E-state index in [1.54, 1.807) is 18.2 Å². The topological polar surface area (TPSA) is 61.4 Å². The second-order valence-electron chi connectivity index (χ2n) is 3.12. The van der Waals surface area contributed by atoms with Gasteiger partial charge in [0.05, 0.1) is 17.6 Å². The lowest BCUT2D eigenvalue weighted by Gasteiger charge is -1.99. The molecule has 0 spiro atoms. The Balaban J connectivity index is 2.61. The van der Waals surface area contributed by atoms with Gasteiger partial charge >= 0.3 is 11.7 Å². The zero-order valence-corrected chi connectivity index (χ0v) is 9.15. The van der Waals surface area contributed by atoms with Crippen LogP contribution in [0.15, 0.2) is 27.4 Å². The number of esters is 1. The molecule has 84 valence electrons. The van der Waals surface area contributed by atoms with Crippen LogP contribution in [0.4, 0.5) is 0 Å². The number of hydrogen-bond acceptors (Lipinski definition) is 4. The van der Waals surface area contributed by atoms with Gasteiger partial charge in [0.2, 0.25) is 0 Å². The Hall–Kier alpha value is -1.75. The lowest BCUT2D eigenvalue weighted by molar-refractivity contribution is -0.141. The van der Waals surface area contributed by atoms with Crippen molar-refractivity contribution in [2.75, 3.05) is 7.11 Å². The predicted octanol–water partition coefficient (Wildman–Crippen LogP) is 1.42. The molecule has 2 aromatic rings. The fourth-order valence-electron chi connectivity index (χ4n) is 1.40. The molecule has 16 heavy (non-hydrogen) atoms. The number of para-hydroxylation sites is 1. The van der Waals surface area contributed by atoms with Crippen molar-refractivity contribution in [2.45, 2.75) is 6.54 Å². The first-order valence-corrected chi connectivity index (χ1v) is 4.86. The van der Waals surface area contributed by atoms with E-state index < -0.39 is 11.7 Å². The van der Waals surface area contributed by atoms with Crippen LogP contribution in [-0.4, -0.2) is 17.6 Å². The SMILES string of the molecule is COC(=O)Cn1c(=O)oc2c(Cl)cccc21. The summed E-state index contributed by atoms with van der Waals surface area (Å²) in [5.41, 5.74) is 0.751. The lowest BCUT2D eigenvalue weighted by atomic mass is 10.3. The zero-order valence-electron chi connectivity index (χ0n) is 8.40. The Morgan fingerprint density at radius 2 is 2.31 bits per heavy atom. The average molecular weight is 242 g/mol. The number of carbonyl (C=O) groups excluding carboxylic acids is 1. The Labute approximate surface area is 95.2 Å². The van der Waals surface area contributed by atoms with Gasteiger partial charge in [0.15, 0.2) is 5.58 Å². The molecule has 1 heterocycles. The summed E-state index contributed by atoms with van der Waals surface area (Å²) in [5.74, 6) is -1.15. The molecule has 0 aliphatic carbocycles. The van der Waals surface area contributed by atoms with E-state index in [4.69, 9.17) is 16.0 Å². The van der Waals surface area contributed by atoms with Crippen LogP contribution in [0.1, 0.15) is 0 Å². The third-order valence-corrected chi connectivity index (χ3v) is 2.46. The monoisotopic (exact) mass is 241 g/mol. The number of hydrogen-bond donors (Lipinski definition) is 0. The normalized spacial score (nSPS) is 10.6. The summed E-state index contributed by atoms with van der Waals surface area (Å²) in [5, 5.41) is 0.332. The minimum absolute atomic E-state index is 0.192. The molecule has 0 bridgehead atoms. The van der Waals surface area contributed by atoms with Crippen LogP contribution in [0.2, 0.25) is 5.02 Å². The highest BCUT2D eigenvalue weighted by atomic mass is 35.5. The number of ether oxygens (including phenoxy) is 1. The first kappa shape index (κ1) is 10.8. The Kier molecular flexibility index (Phi) is 2.70. The van der Waals surface area contributed by atoms with E-state index in [0.717, 1.165) is 0 Å². The maximum absolute atomic E-state index is 11.5. The summed E-state index contributed by atoms with van der Waals surface area (Å²) in [6.45, 7) is -0.192. The minimum Gasteiger partial charge on any atom is -0.468 e. The third kappa shape index (κ3) is 1.69. The van der Waals surface area contributed by atoms with Crippen LogP contribution >= 0.6 is 11.6 Å². The highest BCUT2D eigenvalue weighted by Gasteiger charge is 2.14. The molecule has 2 rings (SSSR count). The number of aromatic nitrogens is 1. The molecule has 5 nitrogen and oxygen atoms in total. The average Bonchev–Trinajstić information content (AvgIpc) is 2.58. The number of halogens is 1. The maximum atomic E-state index is 11.5. The predicted molar refractivity (Wildman–Crippen MR) is 57.5 cm³/mol. The van der Waals surface area contributed by atoms with E-state index in [1.165, 1.54) is 11.7 Å². The van der Waals surface area contributed by atoms with E-state index in [2.05, 4.69) is 4.74 Å². The Morgan fingerprint density at radius 1 is 1.56 bits per heavy atom. The van der Waals surface area contributed by atoms with Crippen LogP contribution in [-0.2, 0) is 16.1 Å². The van der Waals surface area contributed by atoms with Gasteiger partial charge in [-0.15, -0.1) is 0 Å². The molecule has 0 radical (unpaired) electrons. The van der Waals surface area contributed by atoms with Crippen molar-refractivity contribution in [3.8, 4) is 0 Å². The van der Waals surface area contributed by atoms with Gasteiger partial charge < -0.3 is 9.15 Å². The number of rotatable bonds is 2. The van der Waals surface area contributed by atoms with Crippen molar-refractivity contribution >= 4 is 28.7 Å². The van der Waals surface area contributed by atoms with Crippen LogP contribution < -0.4 is 5.76 Å². The van der Waals surface area contributed by atoms with Crippen molar-refractivity contribution < 1.29 is 13.9 Å². The molecule has 0 amide bonds. The number of carbonyl (C=O) groups is 1. The summed E-state index contributed by atoms with van der Waals surface area (Å²) < 4.78 is 10.6. The number of fused-ring (bicyclic) bond motifs is 1. The molecule has 1 aromatic carbocycles. The first-order chi connectivity index (χ1) is 7.63. The van der Waals surface area contributed by atoms with Crippen molar-refractivity contribution in [1.29, 1.82) is 0 Å². The van der Waals surface area contributed by atoms with Crippen molar-refractivity contribution in [3.05, 3.63) is 33.8 Å². The molecule has 0 saturated heterocycles. The third-order valence-electron chi connectivity index (χ3n) is 2.16. The van der Waals surface area contributed by atoms with E-state index in [-0.39, 0.29) is 12.1 Å². The Morgan fingerprint density at radius 3 is 3.00 bits per heavy atom. The highest BCUT2D eigenvalue weighted by Crippen LogP contribution is 2.21. The molecule has 0 saturated carbocycles. The van der Waals surface area contributed by atoms with Crippen LogP contribution in [0.25, 0.3) is 11.1 Å². The van der Waals surface area contributed by atoms with Crippen LogP contribution in [0, 0.1) is 0 Å². The molecule has 0 aliphatic rings. The summed E-state index contributed by atoms with van der Waals surface area (Å²) in [6.07, 6.45) is 0. The summed E-state index contributed by atoms with van der Waals surface area (Å²) in [6, 6.07) is 4.93. The fraction of sp³-hybridized carbons (Fsp3) is 0.200. The maximum Gasteiger partial charge on any atom is 0.420 e. The second kappa shape index (κ2) is 4.02. The van der Waals surface area contributed by atoms with E-state index in [0.29, 0.717) is 10.5 Å². The van der Waals surface area contributed by atoms with Gasteiger partial charge in [-0.05, 0) is 12.1 Å². The van der Waals surface area contributed by atoms with Gasteiger partial charge in [-0.3, -0.25) is 9.36 Å². The van der Waals surface area contributed by atoms with Gasteiger partial charge in [0, 0.05) is 0 Å². The molecular formula is C10H8ClNO4. The van der Waals surface area contributed by atoms with Gasteiger partial charge in [-0.1, -0.05) is 17.7 Å². The molecule has 0 unspecified atom stereocenters. The van der Waals surface area contributed by atoms with E-state index >= 15 is 0 Å². The largest absolute Gasteiger partial charge is 0.468 e. The summed E-state index contributed by atoms with van der Waals surface area (Å²) >= 11 is 5.85. The summed E-state index contributed by atoms with van der Waals surface area (Å²) in [7, 11) is 1.25. The quantitative estimate of drug-likeness (QED) is 0.746. The van der Waals surface area contributed by atoms with Crippen molar-refractivity contribution in [3.63, 3.8) is 0 Å². The zero-order chi connectivity index (χ0) is 11.7. The molecule has 0 N–H and O–H groups in total. The fourth-order valence-corrected chi connectivity index (χ4v) is 1.60. The number of nitrogens with zero attached hydrogens (tertiary/aromatic N) is 1. The molecule has 0 fully saturated rings. The van der Waals surface area contributed by atoms with Gasteiger partial charge in [-0.25, -0.2) is 4.79 Å². The van der Waals surface area contributed by atoms with Crippen molar-refractivity contribution in [1.82, 2.24) is 4.57 Å². The van der Waals surface area contributed by atoms with Gasteiger partial charge in [0.1, 0.15) is 6.54 Å². The van der Waals surface area contributed by atoms with E-state index in [1.807, 2.05) is 0 Å². The number of benzene rings is 1. The molecule has 1 aromatic heterocycles. The van der Waals surface area contributed by atoms with Crippen LogP contribution in [0.3, 0.4) is 0 Å². The van der Waals surface area contributed by atoms with Crippen molar-refractivity contribution in [2.24, 2.45) is 0 Å². The lowest BCUT2D eigenvalue weighted by Crippen LogP contribution is -2.20. The Bertz CT molecular complexity index is 598. The number of oxazole rings is 1. The molecule has 0 atom stereocenters.